The first-order chi connectivity index (χ1) is 16.4. The predicted molar refractivity (Wildman–Crippen MR) is 139 cm³/mol. The van der Waals surface area contributed by atoms with Gasteiger partial charge in [0.2, 0.25) is 5.91 Å². The molecule has 1 aliphatic heterocycles. The minimum atomic E-state index is -0.278. The van der Waals surface area contributed by atoms with Crippen molar-refractivity contribution in [3.63, 3.8) is 0 Å². The number of hydrogen-bond donors (Lipinski definition) is 1. The Hall–Kier alpha value is -3.22. The molecule has 0 fully saturated rings. The molecule has 0 aliphatic carbocycles. The number of H-pyrrole nitrogens is 1. The molecule has 1 atom stereocenters. The van der Waals surface area contributed by atoms with Crippen molar-refractivity contribution in [1.29, 1.82) is 0 Å². The third kappa shape index (κ3) is 4.31. The lowest BCUT2D eigenvalue weighted by molar-refractivity contribution is -0.130. The molecular formula is C27H21BrClN3O2. The minimum Gasteiger partial charge on any atom is -0.321 e. The van der Waals surface area contributed by atoms with Crippen LogP contribution in [0.2, 0.25) is 5.02 Å². The number of carbonyl (C=O) groups excluding carboxylic acids is 1. The van der Waals surface area contributed by atoms with Crippen LogP contribution in [0.15, 0.2) is 87.2 Å². The van der Waals surface area contributed by atoms with Crippen LogP contribution in [-0.2, 0) is 11.2 Å². The molecule has 5 nitrogen and oxygen atoms in total. The van der Waals surface area contributed by atoms with Gasteiger partial charge in [-0.25, -0.2) is 5.01 Å². The molecule has 0 radical (unpaired) electrons. The molecule has 34 heavy (non-hydrogen) atoms. The SMILES string of the molecule is CC(=O)N1N=C(c2c(Cc3ccccc3)c3cc(Cl)ccc3[nH]c2=O)CC1c1ccc(Br)cc1. The largest absolute Gasteiger partial charge is 0.321 e. The Labute approximate surface area is 210 Å². The van der Waals surface area contributed by atoms with E-state index in [1.54, 1.807) is 6.07 Å². The standard InChI is InChI=1S/C27H21BrClN3O2/c1-16(33)32-25(18-7-9-19(28)10-8-18)15-24(31-32)26-22(13-17-5-3-2-4-6-17)21-14-20(29)11-12-23(21)30-27(26)34/h2-12,14,25H,13,15H2,1H3,(H,30,34). The summed E-state index contributed by atoms with van der Waals surface area (Å²) < 4.78 is 0.956. The van der Waals surface area contributed by atoms with Crippen molar-refractivity contribution in [2.75, 3.05) is 0 Å². The molecule has 0 saturated heterocycles. The van der Waals surface area contributed by atoms with Gasteiger partial charge in [0.1, 0.15) is 0 Å². The van der Waals surface area contributed by atoms with Crippen molar-refractivity contribution >= 4 is 50.1 Å². The van der Waals surface area contributed by atoms with Crippen LogP contribution in [0.25, 0.3) is 10.9 Å². The summed E-state index contributed by atoms with van der Waals surface area (Å²) in [6, 6.07) is 23.0. The number of hydrogen-bond acceptors (Lipinski definition) is 3. The summed E-state index contributed by atoms with van der Waals surface area (Å²) in [5, 5.41) is 7.60. The molecule has 1 N–H and O–H groups in total. The van der Waals surface area contributed by atoms with E-state index in [4.69, 9.17) is 11.6 Å². The summed E-state index contributed by atoms with van der Waals surface area (Å²) in [6.45, 7) is 1.49. The number of nitrogens with one attached hydrogen (secondary N) is 1. The Morgan fingerprint density at radius 2 is 1.85 bits per heavy atom. The van der Waals surface area contributed by atoms with Crippen molar-refractivity contribution in [2.45, 2.75) is 25.8 Å². The number of fused-ring (bicyclic) bond motifs is 1. The molecule has 1 unspecified atom stereocenters. The number of pyridine rings is 1. The highest BCUT2D eigenvalue weighted by molar-refractivity contribution is 9.10. The van der Waals surface area contributed by atoms with E-state index in [1.165, 1.54) is 11.9 Å². The molecule has 5 rings (SSSR count). The van der Waals surface area contributed by atoms with Crippen LogP contribution in [0, 0.1) is 0 Å². The Morgan fingerprint density at radius 1 is 1.12 bits per heavy atom. The second kappa shape index (κ2) is 9.20. The smallest absolute Gasteiger partial charge is 0.257 e. The summed E-state index contributed by atoms with van der Waals surface area (Å²) in [6.07, 6.45) is 0.983. The van der Waals surface area contributed by atoms with Gasteiger partial charge in [-0.1, -0.05) is 70.0 Å². The van der Waals surface area contributed by atoms with Gasteiger partial charge in [-0.2, -0.15) is 5.10 Å². The molecule has 0 spiro atoms. The van der Waals surface area contributed by atoms with Crippen LogP contribution in [0.3, 0.4) is 0 Å². The number of hydrazone groups is 1. The fourth-order valence-corrected chi connectivity index (χ4v) is 4.95. The summed E-state index contributed by atoms with van der Waals surface area (Å²) >= 11 is 9.81. The Bertz CT molecular complexity index is 1480. The van der Waals surface area contributed by atoms with E-state index >= 15 is 0 Å². The average molecular weight is 535 g/mol. The quantitative estimate of drug-likeness (QED) is 0.337. The normalized spacial score (nSPS) is 15.6. The highest BCUT2D eigenvalue weighted by Crippen LogP contribution is 2.35. The van der Waals surface area contributed by atoms with Crippen LogP contribution in [0.5, 0.6) is 0 Å². The van der Waals surface area contributed by atoms with Gasteiger partial charge < -0.3 is 4.98 Å². The lowest BCUT2D eigenvalue weighted by Crippen LogP contribution is -2.24. The number of amides is 1. The van der Waals surface area contributed by atoms with Crippen molar-refractivity contribution in [3.05, 3.63) is 115 Å². The van der Waals surface area contributed by atoms with Crippen LogP contribution in [-0.4, -0.2) is 21.6 Å². The zero-order chi connectivity index (χ0) is 23.8. The second-order valence-corrected chi connectivity index (χ2v) is 9.69. The molecule has 4 aromatic rings. The molecule has 7 heteroatoms. The number of aromatic amines is 1. The van der Waals surface area contributed by atoms with Crippen LogP contribution in [0.4, 0.5) is 0 Å². The van der Waals surface area contributed by atoms with E-state index in [1.807, 2.05) is 66.7 Å². The van der Waals surface area contributed by atoms with Gasteiger partial charge in [0.25, 0.3) is 5.56 Å². The number of benzene rings is 3. The van der Waals surface area contributed by atoms with E-state index in [-0.39, 0.29) is 17.5 Å². The third-order valence-corrected chi connectivity index (χ3v) is 6.85. The highest BCUT2D eigenvalue weighted by Gasteiger charge is 2.33. The first kappa shape index (κ1) is 22.6. The molecule has 3 aromatic carbocycles. The number of aromatic nitrogens is 1. The number of rotatable bonds is 4. The van der Waals surface area contributed by atoms with E-state index in [2.05, 4.69) is 26.0 Å². The summed E-state index contributed by atoms with van der Waals surface area (Å²) in [4.78, 5) is 28.9. The molecule has 1 aliphatic rings. The lowest BCUT2D eigenvalue weighted by Gasteiger charge is -2.20. The van der Waals surface area contributed by atoms with E-state index in [0.717, 1.165) is 32.1 Å². The van der Waals surface area contributed by atoms with Gasteiger partial charge in [-0.15, -0.1) is 0 Å². The van der Waals surface area contributed by atoms with Crippen molar-refractivity contribution in [3.8, 4) is 0 Å². The van der Waals surface area contributed by atoms with Gasteiger partial charge in [0, 0.05) is 33.7 Å². The Balaban J connectivity index is 1.68. The van der Waals surface area contributed by atoms with Gasteiger partial charge in [0.15, 0.2) is 0 Å². The topological polar surface area (TPSA) is 65.5 Å². The maximum Gasteiger partial charge on any atom is 0.257 e. The summed E-state index contributed by atoms with van der Waals surface area (Å²) in [5.41, 5.74) is 4.48. The zero-order valence-corrected chi connectivity index (χ0v) is 20.7. The number of nitrogens with zero attached hydrogens (tertiary/aromatic N) is 2. The van der Waals surface area contributed by atoms with E-state index < -0.39 is 0 Å². The molecule has 2 heterocycles. The summed E-state index contributed by atoms with van der Waals surface area (Å²) in [5.74, 6) is -0.173. The van der Waals surface area contributed by atoms with Gasteiger partial charge in [0.05, 0.1) is 17.3 Å². The highest BCUT2D eigenvalue weighted by atomic mass is 79.9. The number of halogens is 2. The van der Waals surface area contributed by atoms with Crippen LogP contribution >= 0.6 is 27.5 Å². The maximum absolute atomic E-state index is 13.4. The van der Waals surface area contributed by atoms with Crippen LogP contribution < -0.4 is 5.56 Å². The monoisotopic (exact) mass is 533 g/mol. The predicted octanol–water partition coefficient (Wildman–Crippen LogP) is 6.23. The molecule has 0 saturated carbocycles. The number of carbonyl (C=O) groups is 1. The van der Waals surface area contributed by atoms with Crippen molar-refractivity contribution in [1.82, 2.24) is 9.99 Å². The lowest BCUT2D eigenvalue weighted by atomic mass is 9.91. The van der Waals surface area contributed by atoms with Gasteiger partial charge in [-0.3, -0.25) is 9.59 Å². The molecule has 0 bridgehead atoms. The molecular weight excluding hydrogens is 514 g/mol. The molecule has 1 aromatic heterocycles. The van der Waals surface area contributed by atoms with E-state index in [0.29, 0.717) is 29.1 Å². The maximum atomic E-state index is 13.4. The average Bonchev–Trinajstić information content (AvgIpc) is 3.26. The molecule has 170 valence electrons. The van der Waals surface area contributed by atoms with Gasteiger partial charge >= 0.3 is 0 Å². The minimum absolute atomic E-state index is 0.173. The zero-order valence-electron chi connectivity index (χ0n) is 18.4. The first-order valence-electron chi connectivity index (χ1n) is 10.9. The first-order valence-corrected chi connectivity index (χ1v) is 12.1. The van der Waals surface area contributed by atoms with Crippen LogP contribution in [0.1, 0.15) is 41.6 Å². The van der Waals surface area contributed by atoms with Crippen molar-refractivity contribution in [2.24, 2.45) is 5.10 Å². The Kier molecular flexibility index (Phi) is 6.11. The molecule has 1 amide bonds. The fourth-order valence-electron chi connectivity index (χ4n) is 4.52. The second-order valence-electron chi connectivity index (χ2n) is 8.34. The van der Waals surface area contributed by atoms with Crippen molar-refractivity contribution < 1.29 is 4.79 Å². The summed E-state index contributed by atoms with van der Waals surface area (Å²) in [7, 11) is 0. The fraction of sp³-hybridized carbons (Fsp3) is 0.148. The van der Waals surface area contributed by atoms with Gasteiger partial charge in [-0.05, 0) is 53.4 Å². The van der Waals surface area contributed by atoms with E-state index in [9.17, 15) is 9.59 Å². The third-order valence-electron chi connectivity index (χ3n) is 6.08. The Morgan fingerprint density at radius 3 is 2.56 bits per heavy atom.